The van der Waals surface area contributed by atoms with Crippen LogP contribution in [0.15, 0.2) is 42.6 Å². The van der Waals surface area contributed by atoms with Crippen LogP contribution in [-0.2, 0) is 6.54 Å². The third-order valence-electron chi connectivity index (χ3n) is 3.97. The van der Waals surface area contributed by atoms with Crippen molar-refractivity contribution < 1.29 is 4.79 Å². The molecule has 0 saturated heterocycles. The van der Waals surface area contributed by atoms with E-state index in [4.69, 9.17) is 5.73 Å². The minimum absolute atomic E-state index is 0.0669. The van der Waals surface area contributed by atoms with Crippen LogP contribution in [0.1, 0.15) is 41.4 Å². The van der Waals surface area contributed by atoms with Crippen molar-refractivity contribution in [2.24, 2.45) is 5.73 Å². The minimum Gasteiger partial charge on any atom is -0.340 e. The predicted molar refractivity (Wildman–Crippen MR) is 79.6 cm³/mol. The van der Waals surface area contributed by atoms with Crippen LogP contribution in [0, 0.1) is 0 Å². The van der Waals surface area contributed by atoms with Crippen molar-refractivity contribution in [3.05, 3.63) is 53.9 Å². The van der Waals surface area contributed by atoms with Crippen molar-refractivity contribution >= 4 is 11.6 Å². The summed E-state index contributed by atoms with van der Waals surface area (Å²) >= 11 is 0. The normalized spacial score (nSPS) is 14.8. The number of para-hydroxylation sites is 1. The van der Waals surface area contributed by atoms with Crippen LogP contribution in [-0.4, -0.2) is 10.5 Å². The number of nitrogens with zero attached hydrogens (tertiary/aromatic N) is 1. The maximum absolute atomic E-state index is 12.4. The number of hydrogen-bond acceptors (Lipinski definition) is 2. The largest absolute Gasteiger partial charge is 0.340 e. The standard InChI is InChI=1S/C16H19N3O/c17-11-12-5-1-2-8-14(12)18-16(20)15-9-4-10-19(15)13-6-3-7-13/h1-2,4-5,8-10,13H,3,6-7,11,17H2,(H,18,20). The fraction of sp³-hybridized carbons (Fsp3) is 0.312. The molecule has 20 heavy (non-hydrogen) atoms. The summed E-state index contributed by atoms with van der Waals surface area (Å²) in [6.07, 6.45) is 5.57. The first-order chi connectivity index (χ1) is 9.79. The molecule has 1 heterocycles. The van der Waals surface area contributed by atoms with Gasteiger partial charge in [-0.1, -0.05) is 18.2 Å². The topological polar surface area (TPSA) is 60.0 Å². The van der Waals surface area contributed by atoms with Crippen molar-refractivity contribution in [1.82, 2.24) is 4.57 Å². The fourth-order valence-corrected chi connectivity index (χ4v) is 2.58. The van der Waals surface area contributed by atoms with Crippen LogP contribution in [0.2, 0.25) is 0 Å². The lowest BCUT2D eigenvalue weighted by Gasteiger charge is -2.28. The smallest absolute Gasteiger partial charge is 0.272 e. The number of amides is 1. The second kappa shape index (κ2) is 5.51. The van der Waals surface area contributed by atoms with Gasteiger partial charge < -0.3 is 15.6 Å². The number of nitrogens with one attached hydrogen (secondary N) is 1. The molecule has 1 amide bonds. The molecule has 1 aliphatic carbocycles. The molecule has 1 aromatic carbocycles. The summed E-state index contributed by atoms with van der Waals surface area (Å²) < 4.78 is 2.09. The van der Waals surface area contributed by atoms with Gasteiger partial charge in [-0.25, -0.2) is 0 Å². The van der Waals surface area contributed by atoms with E-state index in [0.29, 0.717) is 12.6 Å². The first kappa shape index (κ1) is 12.9. The van der Waals surface area contributed by atoms with Gasteiger partial charge in [-0.3, -0.25) is 4.79 Å². The summed E-state index contributed by atoms with van der Waals surface area (Å²) in [5.74, 6) is -0.0669. The summed E-state index contributed by atoms with van der Waals surface area (Å²) in [5.41, 5.74) is 8.16. The zero-order valence-corrected chi connectivity index (χ0v) is 11.4. The van der Waals surface area contributed by atoms with E-state index >= 15 is 0 Å². The number of nitrogens with two attached hydrogens (primary N) is 1. The van der Waals surface area contributed by atoms with E-state index in [1.807, 2.05) is 42.6 Å². The second-order valence-corrected chi connectivity index (χ2v) is 5.20. The van der Waals surface area contributed by atoms with Gasteiger partial charge >= 0.3 is 0 Å². The third kappa shape index (κ3) is 2.34. The molecular weight excluding hydrogens is 250 g/mol. The van der Waals surface area contributed by atoms with Crippen molar-refractivity contribution in [2.45, 2.75) is 31.8 Å². The Morgan fingerprint density at radius 3 is 2.75 bits per heavy atom. The van der Waals surface area contributed by atoms with Crippen molar-refractivity contribution in [2.75, 3.05) is 5.32 Å². The minimum atomic E-state index is -0.0669. The number of aromatic nitrogens is 1. The van der Waals surface area contributed by atoms with Gasteiger partial charge in [0.05, 0.1) is 0 Å². The van der Waals surface area contributed by atoms with Crippen LogP contribution in [0.4, 0.5) is 5.69 Å². The Hall–Kier alpha value is -2.07. The molecule has 0 radical (unpaired) electrons. The van der Waals surface area contributed by atoms with E-state index in [9.17, 15) is 4.79 Å². The van der Waals surface area contributed by atoms with Crippen LogP contribution < -0.4 is 11.1 Å². The van der Waals surface area contributed by atoms with Gasteiger partial charge in [0, 0.05) is 24.5 Å². The molecule has 0 aliphatic heterocycles. The van der Waals surface area contributed by atoms with Crippen LogP contribution in [0.3, 0.4) is 0 Å². The van der Waals surface area contributed by atoms with Crippen LogP contribution in [0.5, 0.6) is 0 Å². The van der Waals surface area contributed by atoms with Crippen molar-refractivity contribution in [3.8, 4) is 0 Å². The molecule has 0 bridgehead atoms. The van der Waals surface area contributed by atoms with E-state index in [0.717, 1.165) is 29.8 Å². The predicted octanol–water partition coefficient (Wildman–Crippen LogP) is 2.92. The Morgan fingerprint density at radius 2 is 2.05 bits per heavy atom. The van der Waals surface area contributed by atoms with Gasteiger partial charge in [0.2, 0.25) is 0 Å². The van der Waals surface area contributed by atoms with Crippen LogP contribution >= 0.6 is 0 Å². The van der Waals surface area contributed by atoms with Crippen LogP contribution in [0.25, 0.3) is 0 Å². The summed E-state index contributed by atoms with van der Waals surface area (Å²) in [6, 6.07) is 11.9. The molecule has 1 aromatic heterocycles. The monoisotopic (exact) mass is 269 g/mol. The average Bonchev–Trinajstić information content (AvgIpc) is 2.86. The Bertz CT molecular complexity index is 614. The maximum Gasteiger partial charge on any atom is 0.272 e. The fourth-order valence-electron chi connectivity index (χ4n) is 2.58. The first-order valence-corrected chi connectivity index (χ1v) is 7.06. The summed E-state index contributed by atoms with van der Waals surface area (Å²) in [6.45, 7) is 0.417. The second-order valence-electron chi connectivity index (χ2n) is 5.20. The lowest BCUT2D eigenvalue weighted by molar-refractivity contribution is 0.101. The average molecular weight is 269 g/mol. The molecule has 1 saturated carbocycles. The van der Waals surface area contributed by atoms with Gasteiger partial charge in [0.25, 0.3) is 5.91 Å². The van der Waals surface area contributed by atoms with Gasteiger partial charge in [-0.05, 0) is 43.0 Å². The number of anilines is 1. The van der Waals surface area contributed by atoms with Crippen molar-refractivity contribution in [3.63, 3.8) is 0 Å². The molecule has 1 aliphatic rings. The number of rotatable bonds is 4. The van der Waals surface area contributed by atoms with E-state index in [2.05, 4.69) is 9.88 Å². The number of carbonyl (C=O) groups is 1. The van der Waals surface area contributed by atoms with Gasteiger partial charge in [0.15, 0.2) is 0 Å². The number of hydrogen-bond donors (Lipinski definition) is 2. The van der Waals surface area contributed by atoms with E-state index < -0.39 is 0 Å². The Morgan fingerprint density at radius 1 is 1.25 bits per heavy atom. The molecule has 4 nitrogen and oxygen atoms in total. The summed E-state index contributed by atoms with van der Waals surface area (Å²) in [4.78, 5) is 12.4. The molecule has 0 spiro atoms. The molecule has 104 valence electrons. The molecule has 4 heteroatoms. The maximum atomic E-state index is 12.4. The Labute approximate surface area is 118 Å². The summed E-state index contributed by atoms with van der Waals surface area (Å²) in [7, 11) is 0. The first-order valence-electron chi connectivity index (χ1n) is 7.06. The Kier molecular flexibility index (Phi) is 3.56. The zero-order chi connectivity index (χ0) is 13.9. The highest BCUT2D eigenvalue weighted by Crippen LogP contribution is 2.32. The zero-order valence-electron chi connectivity index (χ0n) is 11.4. The highest BCUT2D eigenvalue weighted by Gasteiger charge is 2.23. The molecule has 0 unspecified atom stereocenters. The SMILES string of the molecule is NCc1ccccc1NC(=O)c1cccn1C1CCC1. The van der Waals surface area contributed by atoms with Crippen molar-refractivity contribution in [1.29, 1.82) is 0 Å². The van der Waals surface area contributed by atoms with E-state index in [1.54, 1.807) is 0 Å². The lowest BCUT2D eigenvalue weighted by Crippen LogP contribution is -2.23. The molecule has 0 atom stereocenters. The highest BCUT2D eigenvalue weighted by molar-refractivity contribution is 6.03. The summed E-state index contributed by atoms with van der Waals surface area (Å²) in [5, 5.41) is 2.97. The van der Waals surface area contributed by atoms with Gasteiger partial charge in [-0.2, -0.15) is 0 Å². The molecular formula is C16H19N3O. The number of benzene rings is 1. The van der Waals surface area contributed by atoms with Gasteiger partial charge in [-0.15, -0.1) is 0 Å². The Balaban J connectivity index is 1.81. The molecule has 3 rings (SSSR count). The third-order valence-corrected chi connectivity index (χ3v) is 3.97. The van der Waals surface area contributed by atoms with Gasteiger partial charge in [0.1, 0.15) is 5.69 Å². The number of carbonyl (C=O) groups excluding carboxylic acids is 1. The quantitative estimate of drug-likeness (QED) is 0.896. The highest BCUT2D eigenvalue weighted by atomic mass is 16.1. The lowest BCUT2D eigenvalue weighted by atomic mass is 9.93. The van der Waals surface area contributed by atoms with E-state index in [-0.39, 0.29) is 5.91 Å². The van der Waals surface area contributed by atoms with E-state index in [1.165, 1.54) is 6.42 Å². The molecule has 1 fully saturated rings. The molecule has 2 aromatic rings. The molecule has 3 N–H and O–H groups in total.